The van der Waals surface area contributed by atoms with Crippen LogP contribution in [0.1, 0.15) is 29.7 Å². The van der Waals surface area contributed by atoms with Crippen LogP contribution < -0.4 is 0 Å². The summed E-state index contributed by atoms with van der Waals surface area (Å²) in [4.78, 5) is 13.9. The van der Waals surface area contributed by atoms with Crippen molar-refractivity contribution in [1.82, 2.24) is 4.90 Å². The second-order valence-electron chi connectivity index (χ2n) is 5.45. The van der Waals surface area contributed by atoms with E-state index in [-0.39, 0.29) is 18.1 Å². The number of phenolic OH excluding ortho intramolecular Hbond substituents is 2. The first-order chi connectivity index (χ1) is 11.1. The maximum atomic E-state index is 12.4. The van der Waals surface area contributed by atoms with Crippen LogP contribution in [0.3, 0.4) is 0 Å². The minimum absolute atomic E-state index is 0.0407. The van der Waals surface area contributed by atoms with Crippen LogP contribution in [0, 0.1) is 0 Å². The van der Waals surface area contributed by atoms with Crippen molar-refractivity contribution < 1.29 is 19.7 Å². The summed E-state index contributed by atoms with van der Waals surface area (Å²) >= 11 is 0. The van der Waals surface area contributed by atoms with E-state index in [9.17, 15) is 15.0 Å². The van der Waals surface area contributed by atoms with Gasteiger partial charge in [-0.15, -0.1) is 0 Å². The van der Waals surface area contributed by atoms with Crippen LogP contribution in [0.25, 0.3) is 0 Å². The summed E-state index contributed by atoms with van der Waals surface area (Å²) in [6.07, 6.45) is 0.259. The van der Waals surface area contributed by atoms with Gasteiger partial charge in [0.1, 0.15) is 11.5 Å². The molecule has 0 fully saturated rings. The number of ether oxygens (including phenoxy) is 1. The van der Waals surface area contributed by atoms with Gasteiger partial charge in [-0.25, -0.2) is 4.79 Å². The summed E-state index contributed by atoms with van der Waals surface area (Å²) in [5, 5.41) is 20.5. The fourth-order valence-corrected chi connectivity index (χ4v) is 3.10. The first kappa shape index (κ1) is 15.2. The number of hydrogen-bond donors (Lipinski definition) is 2. The smallest absolute Gasteiger partial charge is 0.410 e. The first-order valence-corrected chi connectivity index (χ1v) is 7.65. The third-order valence-corrected chi connectivity index (χ3v) is 4.12. The van der Waals surface area contributed by atoms with Crippen LogP contribution in [0.4, 0.5) is 4.79 Å². The van der Waals surface area contributed by atoms with E-state index >= 15 is 0 Å². The molecule has 23 heavy (non-hydrogen) atoms. The molecule has 0 aliphatic carbocycles. The highest BCUT2D eigenvalue weighted by molar-refractivity contribution is 5.71. The number of phenols is 2. The summed E-state index contributed by atoms with van der Waals surface area (Å²) < 4.78 is 5.15. The molecule has 1 unspecified atom stereocenters. The van der Waals surface area contributed by atoms with Crippen LogP contribution >= 0.6 is 0 Å². The highest BCUT2D eigenvalue weighted by Crippen LogP contribution is 2.43. The van der Waals surface area contributed by atoms with Crippen molar-refractivity contribution in [2.75, 3.05) is 13.2 Å². The molecule has 0 bridgehead atoms. The zero-order chi connectivity index (χ0) is 16.4. The van der Waals surface area contributed by atoms with E-state index in [0.29, 0.717) is 18.5 Å². The number of aromatic hydroxyl groups is 2. The molecule has 0 saturated carbocycles. The summed E-state index contributed by atoms with van der Waals surface area (Å²) in [5.74, 6) is -0.0815. The molecule has 2 aromatic rings. The van der Waals surface area contributed by atoms with Crippen molar-refractivity contribution in [1.29, 1.82) is 0 Å². The molecule has 1 amide bonds. The van der Waals surface area contributed by atoms with Gasteiger partial charge in [0.2, 0.25) is 0 Å². The van der Waals surface area contributed by atoms with Gasteiger partial charge in [-0.3, -0.25) is 4.90 Å². The number of fused-ring (bicyclic) bond motifs is 1. The monoisotopic (exact) mass is 313 g/mol. The molecule has 0 spiro atoms. The molecule has 1 aliphatic rings. The predicted molar refractivity (Wildman–Crippen MR) is 85.5 cm³/mol. The zero-order valence-electron chi connectivity index (χ0n) is 12.9. The van der Waals surface area contributed by atoms with E-state index in [1.165, 1.54) is 12.1 Å². The van der Waals surface area contributed by atoms with E-state index in [0.717, 1.165) is 11.1 Å². The van der Waals surface area contributed by atoms with Gasteiger partial charge in [0.25, 0.3) is 0 Å². The molecule has 0 saturated heterocycles. The molecule has 1 heterocycles. The average molecular weight is 313 g/mol. The number of carbonyl (C=O) groups excluding carboxylic acids is 1. The largest absolute Gasteiger partial charge is 0.507 e. The summed E-state index contributed by atoms with van der Waals surface area (Å²) in [7, 11) is 0. The Morgan fingerprint density at radius 3 is 2.57 bits per heavy atom. The Bertz CT molecular complexity index is 708. The number of hydrogen-bond acceptors (Lipinski definition) is 4. The van der Waals surface area contributed by atoms with Crippen molar-refractivity contribution in [3.8, 4) is 11.5 Å². The molecular weight excluding hydrogens is 294 g/mol. The zero-order valence-corrected chi connectivity index (χ0v) is 12.9. The SMILES string of the molecule is CCOC(=O)N1CCc2ccccc2C1c1c(O)cccc1O. The number of benzene rings is 2. The number of amides is 1. The lowest BCUT2D eigenvalue weighted by molar-refractivity contribution is 0.0929. The van der Waals surface area contributed by atoms with Crippen LogP contribution in [-0.4, -0.2) is 34.4 Å². The van der Waals surface area contributed by atoms with E-state index in [4.69, 9.17) is 4.74 Å². The molecule has 0 radical (unpaired) electrons. The standard InChI is InChI=1S/C18H19NO4/c1-2-23-18(22)19-11-10-12-6-3-4-7-13(12)17(19)16-14(20)8-5-9-15(16)21/h3-9,17,20-21H,2,10-11H2,1H3. The van der Waals surface area contributed by atoms with E-state index < -0.39 is 12.1 Å². The lowest BCUT2D eigenvalue weighted by Crippen LogP contribution is -2.41. The Morgan fingerprint density at radius 2 is 1.87 bits per heavy atom. The van der Waals surface area contributed by atoms with Crippen molar-refractivity contribution in [2.45, 2.75) is 19.4 Å². The fraction of sp³-hybridized carbons (Fsp3) is 0.278. The number of carbonyl (C=O) groups is 1. The Labute approximate surface area is 134 Å². The van der Waals surface area contributed by atoms with Gasteiger partial charge in [0.05, 0.1) is 18.2 Å². The van der Waals surface area contributed by atoms with Gasteiger partial charge in [-0.1, -0.05) is 30.3 Å². The highest BCUT2D eigenvalue weighted by atomic mass is 16.6. The van der Waals surface area contributed by atoms with Gasteiger partial charge in [-0.2, -0.15) is 0 Å². The van der Waals surface area contributed by atoms with Crippen molar-refractivity contribution in [3.05, 3.63) is 59.2 Å². The molecule has 2 aromatic carbocycles. The molecule has 1 atom stereocenters. The lowest BCUT2D eigenvalue weighted by atomic mass is 9.87. The third-order valence-electron chi connectivity index (χ3n) is 4.12. The van der Waals surface area contributed by atoms with Gasteiger partial charge >= 0.3 is 6.09 Å². The predicted octanol–water partition coefficient (Wildman–Crippen LogP) is 3.20. The normalized spacial score (nSPS) is 16.7. The lowest BCUT2D eigenvalue weighted by Gasteiger charge is -2.37. The topological polar surface area (TPSA) is 70.0 Å². The molecule has 2 N–H and O–H groups in total. The third kappa shape index (κ3) is 2.70. The average Bonchev–Trinajstić information content (AvgIpc) is 2.55. The quantitative estimate of drug-likeness (QED) is 0.893. The van der Waals surface area contributed by atoms with E-state index in [1.54, 1.807) is 17.9 Å². The maximum absolute atomic E-state index is 12.4. The second kappa shape index (κ2) is 6.20. The fourth-order valence-electron chi connectivity index (χ4n) is 3.10. The Kier molecular flexibility index (Phi) is 4.10. The summed E-state index contributed by atoms with van der Waals surface area (Å²) in [6.45, 7) is 2.49. The second-order valence-corrected chi connectivity index (χ2v) is 5.45. The molecule has 1 aliphatic heterocycles. The summed E-state index contributed by atoms with van der Waals surface area (Å²) in [5.41, 5.74) is 2.32. The summed E-state index contributed by atoms with van der Waals surface area (Å²) in [6, 6.07) is 11.8. The van der Waals surface area contributed by atoms with Crippen LogP contribution in [0.2, 0.25) is 0 Å². The highest BCUT2D eigenvalue weighted by Gasteiger charge is 2.35. The molecule has 120 valence electrons. The van der Waals surface area contributed by atoms with Crippen molar-refractivity contribution in [3.63, 3.8) is 0 Å². The van der Waals surface area contributed by atoms with Crippen LogP contribution in [0.15, 0.2) is 42.5 Å². The van der Waals surface area contributed by atoms with Crippen LogP contribution in [0.5, 0.6) is 11.5 Å². The van der Waals surface area contributed by atoms with Crippen molar-refractivity contribution >= 4 is 6.09 Å². The maximum Gasteiger partial charge on any atom is 0.410 e. The molecular formula is C18H19NO4. The van der Waals surface area contributed by atoms with E-state index in [1.807, 2.05) is 24.3 Å². The van der Waals surface area contributed by atoms with Crippen LogP contribution in [-0.2, 0) is 11.2 Å². The molecule has 5 heteroatoms. The first-order valence-electron chi connectivity index (χ1n) is 7.65. The Hall–Kier alpha value is -2.69. The minimum Gasteiger partial charge on any atom is -0.507 e. The van der Waals surface area contributed by atoms with Gasteiger partial charge < -0.3 is 14.9 Å². The van der Waals surface area contributed by atoms with Gasteiger partial charge in [0.15, 0.2) is 0 Å². The van der Waals surface area contributed by atoms with Gasteiger partial charge in [-0.05, 0) is 36.6 Å². The molecule has 5 nitrogen and oxygen atoms in total. The molecule has 0 aromatic heterocycles. The van der Waals surface area contributed by atoms with Gasteiger partial charge in [0, 0.05) is 6.54 Å². The number of nitrogens with zero attached hydrogens (tertiary/aromatic N) is 1. The minimum atomic E-state index is -0.569. The van der Waals surface area contributed by atoms with E-state index in [2.05, 4.69) is 0 Å². The number of rotatable bonds is 2. The Balaban J connectivity index is 2.15. The van der Waals surface area contributed by atoms with Crippen molar-refractivity contribution in [2.24, 2.45) is 0 Å². The Morgan fingerprint density at radius 1 is 1.17 bits per heavy atom. The molecule has 3 rings (SSSR count).